The fourth-order valence-electron chi connectivity index (χ4n) is 3.87. The van der Waals surface area contributed by atoms with Crippen molar-refractivity contribution in [3.05, 3.63) is 47.0 Å². The van der Waals surface area contributed by atoms with Gasteiger partial charge in [0.1, 0.15) is 24.1 Å². The summed E-state index contributed by atoms with van der Waals surface area (Å²) in [4.78, 5) is 65.6. The normalized spacial score (nSPS) is 20.1. The number of aromatic nitrogens is 2. The van der Waals surface area contributed by atoms with Crippen LogP contribution in [0.2, 0.25) is 0 Å². The molecule has 252 valence electrons. The topological polar surface area (TPSA) is 203 Å². The third-order valence-corrected chi connectivity index (χ3v) is 6.71. The Balaban J connectivity index is 1.87. The van der Waals surface area contributed by atoms with Gasteiger partial charge in [0.15, 0.2) is 17.9 Å². The minimum atomic E-state index is -3.99. The molecule has 3 rings (SSSR count). The first-order valence-corrected chi connectivity index (χ1v) is 14.8. The molecule has 0 aliphatic carbocycles. The van der Waals surface area contributed by atoms with Crippen molar-refractivity contribution in [3.63, 3.8) is 0 Å². The van der Waals surface area contributed by atoms with Gasteiger partial charge in [-0.15, -0.1) is 0 Å². The third-order valence-electron chi connectivity index (χ3n) is 5.82. The van der Waals surface area contributed by atoms with Gasteiger partial charge in [0.25, 0.3) is 0 Å². The van der Waals surface area contributed by atoms with Crippen molar-refractivity contribution < 1.29 is 56.6 Å². The molecule has 0 spiro atoms. The van der Waals surface area contributed by atoms with Gasteiger partial charge in [-0.25, -0.2) is 14.4 Å². The monoisotopic (exact) mass is 673 g/mol. The molecule has 1 saturated heterocycles. The number of carboxylic acid groups (broad SMARTS) is 1. The average molecular weight is 674 g/mol. The highest BCUT2D eigenvalue weighted by atomic mass is 31.1. The van der Waals surface area contributed by atoms with Crippen LogP contribution in [0.15, 0.2) is 46.1 Å². The molecule has 1 aliphatic heterocycles. The molecule has 5 atom stereocenters. The zero-order valence-electron chi connectivity index (χ0n) is 25.7. The molecule has 1 aromatic carbocycles. The minimum absolute atomic E-state index is 0.103. The van der Waals surface area contributed by atoms with Crippen LogP contribution in [0.25, 0.3) is 0 Å². The number of aliphatic carboxylic acids is 1. The molecule has 0 saturated carbocycles. The Bertz CT molecular complexity index is 1520. The zero-order valence-corrected chi connectivity index (χ0v) is 26.6. The molecule has 46 heavy (non-hydrogen) atoms. The molecular weight excluding hydrogens is 639 g/mol. The van der Waals surface area contributed by atoms with Crippen LogP contribution < -0.4 is 25.2 Å². The van der Waals surface area contributed by atoms with E-state index in [2.05, 4.69) is 15.0 Å². The van der Waals surface area contributed by atoms with E-state index in [1.165, 1.54) is 50.2 Å². The Morgan fingerprint density at radius 2 is 1.89 bits per heavy atom. The number of esters is 1. The van der Waals surface area contributed by atoms with Gasteiger partial charge in [0, 0.05) is 6.20 Å². The van der Waals surface area contributed by atoms with Crippen molar-refractivity contribution in [1.29, 1.82) is 0 Å². The van der Waals surface area contributed by atoms with Gasteiger partial charge in [0.2, 0.25) is 12.0 Å². The van der Waals surface area contributed by atoms with Crippen molar-refractivity contribution in [2.45, 2.75) is 63.7 Å². The number of anilines is 1. The largest absolute Gasteiger partial charge is 0.575 e. The molecule has 2 N–H and O–H groups in total. The zero-order chi connectivity index (χ0) is 34.4. The molecule has 2 unspecified atom stereocenters. The summed E-state index contributed by atoms with van der Waals surface area (Å²) in [7, 11) is 0.193. The molecule has 0 bridgehead atoms. The number of benzene rings is 1. The lowest BCUT2D eigenvalue weighted by molar-refractivity contribution is -0.177. The number of ether oxygens (including phenoxy) is 4. The van der Waals surface area contributed by atoms with Crippen LogP contribution in [0, 0.1) is 0 Å². The quantitative estimate of drug-likeness (QED) is 0.246. The highest BCUT2D eigenvalue weighted by molar-refractivity contribution is 7.34. The number of halogens is 2. The van der Waals surface area contributed by atoms with Gasteiger partial charge >= 0.3 is 37.8 Å². The fourth-order valence-corrected chi connectivity index (χ4v) is 4.62. The van der Waals surface area contributed by atoms with Crippen LogP contribution in [-0.2, 0) is 23.8 Å². The number of carboxylic acids is 1. The second-order valence-electron chi connectivity index (χ2n) is 11.2. The van der Waals surface area contributed by atoms with E-state index >= 15 is 8.78 Å². The summed E-state index contributed by atoms with van der Waals surface area (Å²) in [5.41, 5.74) is -2.08. The van der Waals surface area contributed by atoms with Crippen molar-refractivity contribution in [3.8, 4) is 11.5 Å². The predicted molar refractivity (Wildman–Crippen MR) is 155 cm³/mol. The molecule has 2 aromatic rings. The van der Waals surface area contributed by atoms with E-state index in [4.69, 9.17) is 28.6 Å². The van der Waals surface area contributed by atoms with Crippen LogP contribution in [0.1, 0.15) is 33.9 Å². The number of carbonyl (C=O) groups is 3. The number of hydrogen-bond acceptors (Lipinski definition) is 13. The van der Waals surface area contributed by atoms with Crippen LogP contribution in [0.3, 0.4) is 0 Å². The maximum Gasteiger partial charge on any atom is 0.413 e. The smallest absolute Gasteiger partial charge is 0.413 e. The predicted octanol–water partition coefficient (Wildman–Crippen LogP) is 2.38. The molecule has 16 nitrogen and oxygen atoms in total. The summed E-state index contributed by atoms with van der Waals surface area (Å²) in [5.74, 6) is -6.86. The number of nitrogens with one attached hydrogen (secondary N) is 1. The highest BCUT2D eigenvalue weighted by Crippen LogP contribution is 2.44. The van der Waals surface area contributed by atoms with E-state index in [0.29, 0.717) is 4.57 Å². The van der Waals surface area contributed by atoms with Gasteiger partial charge in [-0.3, -0.25) is 24.1 Å². The fraction of sp³-hybridized carbons (Fsp3) is 0.519. The molecule has 1 amide bonds. The van der Waals surface area contributed by atoms with Gasteiger partial charge < -0.3 is 28.9 Å². The number of nitrogens with zero attached hydrogens (tertiary/aromatic N) is 4. The summed E-state index contributed by atoms with van der Waals surface area (Å²) >= 11 is 0. The van der Waals surface area contributed by atoms with Crippen LogP contribution in [0.5, 0.6) is 11.5 Å². The molecule has 1 fully saturated rings. The number of alkyl halides is 2. The summed E-state index contributed by atoms with van der Waals surface area (Å²) in [5, 5.41) is 11.2. The molecular formula is C27H34F2N5O11P. The van der Waals surface area contributed by atoms with E-state index in [-0.39, 0.29) is 23.9 Å². The van der Waals surface area contributed by atoms with Crippen molar-refractivity contribution in [2.75, 3.05) is 32.6 Å². The molecule has 2 heterocycles. The van der Waals surface area contributed by atoms with Gasteiger partial charge in [-0.1, -0.05) is 16.9 Å². The minimum Gasteiger partial charge on any atom is -0.575 e. The highest BCUT2D eigenvalue weighted by Gasteiger charge is 2.62. The van der Waals surface area contributed by atoms with E-state index in [9.17, 15) is 24.1 Å². The van der Waals surface area contributed by atoms with Crippen LogP contribution in [-0.4, -0.2) is 94.6 Å². The lowest BCUT2D eigenvalue weighted by Gasteiger charge is -2.25. The van der Waals surface area contributed by atoms with Gasteiger partial charge in [-0.2, -0.15) is 13.8 Å². The summed E-state index contributed by atoms with van der Waals surface area (Å²) in [6.45, 7) is 5.02. The Labute approximate surface area is 262 Å². The Hall–Kier alpha value is -4.25. The number of rotatable bonds is 12. The second kappa shape index (κ2) is 14.9. The first-order valence-electron chi connectivity index (χ1n) is 13.6. The molecule has 19 heteroatoms. The maximum atomic E-state index is 15.9. The first-order chi connectivity index (χ1) is 21.4. The van der Waals surface area contributed by atoms with Crippen LogP contribution >= 0.6 is 8.17 Å². The maximum absolute atomic E-state index is 15.9. The van der Waals surface area contributed by atoms with E-state index < -0.39 is 74.5 Å². The SMILES string of the molecule is CC(N=[P+]([O-])Oc1ccccc1OC[C@H]1O[C@@H](n2ccc(NC(=O)OC(C)(C)C)nc2=O)C(F)(F)[C@@H]1OC(=O)CN(C)C)C(=O)O. The van der Waals surface area contributed by atoms with Gasteiger partial charge in [-0.05, 0) is 60.0 Å². The summed E-state index contributed by atoms with van der Waals surface area (Å²) < 4.78 is 62.3. The van der Waals surface area contributed by atoms with Crippen molar-refractivity contribution in [2.24, 2.45) is 4.74 Å². The third kappa shape index (κ3) is 9.87. The van der Waals surface area contributed by atoms with Gasteiger partial charge in [0.05, 0.1) is 6.54 Å². The number of amides is 1. The average Bonchev–Trinajstić information content (AvgIpc) is 3.15. The Kier molecular flexibility index (Phi) is 11.7. The van der Waals surface area contributed by atoms with Crippen molar-refractivity contribution in [1.82, 2.24) is 14.5 Å². The number of hydrogen-bond donors (Lipinski definition) is 2. The Morgan fingerprint density at radius 3 is 2.48 bits per heavy atom. The number of carbonyl (C=O) groups excluding carboxylic acids is 2. The Morgan fingerprint density at radius 1 is 1.24 bits per heavy atom. The lowest BCUT2D eigenvalue weighted by atomic mass is 10.1. The summed E-state index contributed by atoms with van der Waals surface area (Å²) in [6, 6.07) is 5.39. The number of para-hydroxylation sites is 2. The van der Waals surface area contributed by atoms with E-state index in [1.807, 2.05) is 0 Å². The molecule has 0 radical (unpaired) electrons. The summed E-state index contributed by atoms with van der Waals surface area (Å²) in [6.07, 6.45) is -6.22. The van der Waals surface area contributed by atoms with Crippen LogP contribution in [0.4, 0.5) is 19.4 Å². The lowest BCUT2D eigenvalue weighted by Crippen LogP contribution is -2.46. The van der Waals surface area contributed by atoms with E-state index in [1.54, 1.807) is 20.8 Å². The first kappa shape index (κ1) is 36.2. The standard InChI is InChI=1S/C27H34F2N5O11P/c1-15(22(36)37)32-46(40)45-17-10-8-7-9-16(17)41-14-18-21(43-20(35)13-33(5)6)27(28,29)23(42-18)34-12-11-19(30-24(34)38)31-25(39)44-26(2,3)4/h7-12,15,18,21,23H,13-14H2,1-6H3,(H,36,37)(H,30,31,38,39)/t15?,18-,21-,23-/m1/s1. The van der Waals surface area contributed by atoms with Crippen molar-refractivity contribution >= 4 is 32.0 Å². The number of likely N-dealkylation sites (N-methyl/N-ethyl adjacent to an activating group) is 1. The molecule has 1 aliphatic rings. The van der Waals surface area contributed by atoms with E-state index in [0.717, 1.165) is 12.3 Å². The second-order valence-corrected chi connectivity index (χ2v) is 12.1. The molecule has 1 aromatic heterocycles.